The summed E-state index contributed by atoms with van der Waals surface area (Å²) >= 11 is 0. The molecule has 0 aromatic heterocycles. The third-order valence-corrected chi connectivity index (χ3v) is 4.21. The van der Waals surface area contributed by atoms with Crippen LogP contribution < -0.4 is 5.32 Å². The van der Waals surface area contributed by atoms with Crippen molar-refractivity contribution in [2.45, 2.75) is 12.8 Å². The van der Waals surface area contributed by atoms with Crippen LogP contribution in [0, 0.1) is 11.2 Å². The van der Waals surface area contributed by atoms with Gasteiger partial charge in [-0.2, -0.15) is 0 Å². The average Bonchev–Trinajstić information content (AvgIpc) is 2.97. The van der Waals surface area contributed by atoms with Gasteiger partial charge in [-0.3, -0.25) is 19.8 Å². The molecule has 3 rings (SSSR count). The molecule has 1 aromatic rings. The fourth-order valence-corrected chi connectivity index (χ4v) is 3.05. The Morgan fingerprint density at radius 2 is 2.05 bits per heavy atom. The molecule has 21 heavy (non-hydrogen) atoms. The van der Waals surface area contributed by atoms with E-state index in [9.17, 15) is 14.0 Å². The van der Waals surface area contributed by atoms with Crippen LogP contribution in [0.2, 0.25) is 0 Å². The predicted octanol–water partition coefficient (Wildman–Crippen LogP) is 1.58. The van der Waals surface area contributed by atoms with E-state index in [1.807, 2.05) is 12.2 Å². The van der Waals surface area contributed by atoms with Gasteiger partial charge in [-0.15, -0.1) is 0 Å². The number of imide groups is 1. The van der Waals surface area contributed by atoms with Crippen molar-refractivity contribution in [3.63, 3.8) is 0 Å². The number of carbonyl (C=O) groups is 2. The maximum Gasteiger partial charge on any atom is 0.234 e. The first-order valence-corrected chi connectivity index (χ1v) is 7.06. The second kappa shape index (κ2) is 5.41. The Hall–Kier alpha value is -2.01. The van der Waals surface area contributed by atoms with Crippen LogP contribution in [-0.4, -0.2) is 36.3 Å². The minimum Gasteiger partial charge on any atom is -0.299 e. The Morgan fingerprint density at radius 1 is 1.29 bits per heavy atom. The Kier molecular flexibility index (Phi) is 3.59. The summed E-state index contributed by atoms with van der Waals surface area (Å²) < 4.78 is 12.8. The van der Waals surface area contributed by atoms with Crippen LogP contribution in [0.3, 0.4) is 0 Å². The third kappa shape index (κ3) is 2.88. The van der Waals surface area contributed by atoms with Crippen molar-refractivity contribution in [2.24, 2.45) is 5.41 Å². The highest BCUT2D eigenvalue weighted by Crippen LogP contribution is 2.37. The van der Waals surface area contributed by atoms with Crippen LogP contribution in [0.15, 0.2) is 30.3 Å². The van der Waals surface area contributed by atoms with E-state index in [-0.39, 0.29) is 17.6 Å². The lowest BCUT2D eigenvalue weighted by Crippen LogP contribution is -2.34. The molecule has 2 aliphatic heterocycles. The van der Waals surface area contributed by atoms with E-state index >= 15 is 0 Å². The lowest BCUT2D eigenvalue weighted by molar-refractivity contribution is -0.128. The number of carbonyl (C=O) groups excluding carboxylic acids is 2. The van der Waals surface area contributed by atoms with Crippen molar-refractivity contribution in [1.82, 2.24) is 10.2 Å². The first kappa shape index (κ1) is 13.9. The Balaban J connectivity index is 1.57. The lowest BCUT2D eigenvalue weighted by atomic mass is 9.85. The molecule has 1 N–H and O–H groups in total. The van der Waals surface area contributed by atoms with Crippen molar-refractivity contribution < 1.29 is 14.0 Å². The first-order chi connectivity index (χ1) is 10.1. The second-order valence-corrected chi connectivity index (χ2v) is 5.77. The first-order valence-electron chi connectivity index (χ1n) is 7.06. The summed E-state index contributed by atoms with van der Waals surface area (Å²) in [6.45, 7) is 2.16. The van der Waals surface area contributed by atoms with Crippen LogP contribution in [0.25, 0.3) is 6.08 Å². The van der Waals surface area contributed by atoms with E-state index in [2.05, 4.69) is 10.2 Å². The van der Waals surface area contributed by atoms with Gasteiger partial charge in [0.2, 0.25) is 11.8 Å². The van der Waals surface area contributed by atoms with Crippen LogP contribution in [0.4, 0.5) is 4.39 Å². The van der Waals surface area contributed by atoms with Gasteiger partial charge >= 0.3 is 0 Å². The fourth-order valence-electron chi connectivity index (χ4n) is 3.05. The number of rotatable bonds is 3. The third-order valence-electron chi connectivity index (χ3n) is 4.21. The number of hydrogen-bond acceptors (Lipinski definition) is 3. The molecule has 1 aromatic carbocycles. The van der Waals surface area contributed by atoms with Crippen LogP contribution in [0.1, 0.15) is 18.4 Å². The summed E-state index contributed by atoms with van der Waals surface area (Å²) in [6, 6.07) is 6.30. The van der Waals surface area contributed by atoms with E-state index in [1.165, 1.54) is 12.1 Å². The topological polar surface area (TPSA) is 49.4 Å². The molecule has 2 saturated heterocycles. The molecule has 5 heteroatoms. The largest absolute Gasteiger partial charge is 0.299 e. The van der Waals surface area contributed by atoms with Gasteiger partial charge in [0.05, 0.1) is 5.41 Å². The van der Waals surface area contributed by atoms with Crippen molar-refractivity contribution in [1.29, 1.82) is 0 Å². The highest BCUT2D eigenvalue weighted by Gasteiger charge is 2.50. The normalized spacial score (nSPS) is 26.1. The van der Waals surface area contributed by atoms with Gasteiger partial charge in [-0.1, -0.05) is 24.3 Å². The molecule has 2 heterocycles. The molecule has 110 valence electrons. The number of nitrogens with one attached hydrogen (secondary N) is 1. The van der Waals surface area contributed by atoms with Gasteiger partial charge < -0.3 is 0 Å². The molecule has 0 saturated carbocycles. The standard InChI is InChI=1S/C16H17FN2O2/c17-13-5-3-12(4-6-13)2-1-8-19-9-7-16(11-19)10-14(20)18-15(16)21/h1-6H,7-11H2,(H,18,20,21)/b2-1+/t16-/m1/s1. The molecule has 0 bridgehead atoms. The molecule has 1 atom stereocenters. The van der Waals surface area contributed by atoms with Gasteiger partial charge in [0.15, 0.2) is 0 Å². The average molecular weight is 288 g/mol. The highest BCUT2D eigenvalue weighted by atomic mass is 19.1. The molecule has 2 fully saturated rings. The molecule has 4 nitrogen and oxygen atoms in total. The molecular weight excluding hydrogens is 271 g/mol. The molecule has 1 spiro atoms. The van der Waals surface area contributed by atoms with E-state index in [1.54, 1.807) is 12.1 Å². The number of amides is 2. The number of halogens is 1. The number of nitrogens with zero attached hydrogens (tertiary/aromatic N) is 1. The highest BCUT2D eigenvalue weighted by molar-refractivity contribution is 6.06. The van der Waals surface area contributed by atoms with Crippen molar-refractivity contribution in [3.8, 4) is 0 Å². The van der Waals surface area contributed by atoms with E-state index in [0.717, 1.165) is 25.1 Å². The molecular formula is C16H17FN2O2. The van der Waals surface area contributed by atoms with Gasteiger partial charge in [0.1, 0.15) is 5.82 Å². The van der Waals surface area contributed by atoms with E-state index < -0.39 is 5.41 Å². The maximum atomic E-state index is 12.8. The summed E-state index contributed by atoms with van der Waals surface area (Å²) in [6.07, 6.45) is 4.98. The molecule has 0 aliphatic carbocycles. The molecule has 0 unspecified atom stereocenters. The molecule has 2 aliphatic rings. The zero-order valence-corrected chi connectivity index (χ0v) is 11.6. The zero-order chi connectivity index (χ0) is 14.9. The van der Waals surface area contributed by atoms with Crippen LogP contribution in [0.5, 0.6) is 0 Å². The van der Waals surface area contributed by atoms with Gasteiger partial charge in [0.25, 0.3) is 0 Å². The summed E-state index contributed by atoms with van der Waals surface area (Å²) in [4.78, 5) is 25.4. The minimum absolute atomic E-state index is 0.127. The second-order valence-electron chi connectivity index (χ2n) is 5.77. The molecule has 0 radical (unpaired) electrons. The quantitative estimate of drug-likeness (QED) is 0.859. The number of benzene rings is 1. The van der Waals surface area contributed by atoms with Gasteiger partial charge in [-0.05, 0) is 30.7 Å². The Morgan fingerprint density at radius 3 is 2.71 bits per heavy atom. The summed E-state index contributed by atoms with van der Waals surface area (Å²) in [7, 11) is 0. The van der Waals surface area contributed by atoms with Crippen LogP contribution >= 0.6 is 0 Å². The summed E-state index contributed by atoms with van der Waals surface area (Å²) in [5.74, 6) is -0.535. The fraction of sp³-hybridized carbons (Fsp3) is 0.375. The Labute approximate surface area is 122 Å². The SMILES string of the molecule is O=C1C[C@@]2(CCN(C/C=C/c3ccc(F)cc3)C2)C(=O)N1. The minimum atomic E-state index is -0.513. The van der Waals surface area contributed by atoms with Crippen LogP contribution in [-0.2, 0) is 9.59 Å². The monoisotopic (exact) mass is 288 g/mol. The zero-order valence-electron chi connectivity index (χ0n) is 11.6. The number of hydrogen-bond donors (Lipinski definition) is 1. The van der Waals surface area contributed by atoms with Crippen molar-refractivity contribution >= 4 is 17.9 Å². The smallest absolute Gasteiger partial charge is 0.234 e. The van der Waals surface area contributed by atoms with Crippen molar-refractivity contribution in [2.75, 3.05) is 19.6 Å². The van der Waals surface area contributed by atoms with Gasteiger partial charge in [0, 0.05) is 19.5 Å². The molecule has 2 amide bonds. The predicted molar refractivity (Wildman–Crippen MR) is 76.7 cm³/mol. The summed E-state index contributed by atoms with van der Waals surface area (Å²) in [5, 5.41) is 2.40. The Bertz CT molecular complexity index is 597. The van der Waals surface area contributed by atoms with E-state index in [0.29, 0.717) is 13.0 Å². The maximum absolute atomic E-state index is 12.8. The lowest BCUT2D eigenvalue weighted by Gasteiger charge is -2.19. The van der Waals surface area contributed by atoms with Gasteiger partial charge in [-0.25, -0.2) is 4.39 Å². The van der Waals surface area contributed by atoms with Crippen molar-refractivity contribution in [3.05, 3.63) is 41.7 Å². The van der Waals surface area contributed by atoms with E-state index in [4.69, 9.17) is 0 Å². The summed E-state index contributed by atoms with van der Waals surface area (Å²) in [5.41, 5.74) is 0.431. The number of likely N-dealkylation sites (tertiary alicyclic amines) is 1.